The van der Waals surface area contributed by atoms with Crippen LogP contribution < -0.4 is 0 Å². The summed E-state index contributed by atoms with van der Waals surface area (Å²) in [5.41, 5.74) is -2.90. The van der Waals surface area contributed by atoms with Gasteiger partial charge in [0.2, 0.25) is 0 Å². The van der Waals surface area contributed by atoms with E-state index in [2.05, 4.69) is 4.98 Å². The van der Waals surface area contributed by atoms with Gasteiger partial charge in [0, 0.05) is 17.1 Å². The van der Waals surface area contributed by atoms with Crippen molar-refractivity contribution in [2.24, 2.45) is 0 Å². The number of benzene rings is 2. The van der Waals surface area contributed by atoms with Crippen molar-refractivity contribution in [1.82, 2.24) is 4.98 Å². The molecule has 0 aliphatic rings. The number of rotatable bonds is 1. The van der Waals surface area contributed by atoms with E-state index in [1.165, 1.54) is 12.3 Å². The van der Waals surface area contributed by atoms with Crippen LogP contribution in [0.1, 0.15) is 11.1 Å². The number of pyridine rings is 1. The molecule has 0 N–H and O–H groups in total. The van der Waals surface area contributed by atoms with Gasteiger partial charge >= 0.3 is 12.4 Å². The highest BCUT2D eigenvalue weighted by molar-refractivity contribution is 5.85. The van der Waals surface area contributed by atoms with Crippen LogP contribution in [0.25, 0.3) is 22.0 Å². The molecular formula is C17H9F6N. The summed E-state index contributed by atoms with van der Waals surface area (Å²) in [6.07, 6.45) is -8.35. The lowest BCUT2D eigenvalue weighted by Gasteiger charge is -2.14. The van der Waals surface area contributed by atoms with E-state index in [0.717, 1.165) is 5.39 Å². The van der Waals surface area contributed by atoms with Crippen molar-refractivity contribution in [1.29, 1.82) is 0 Å². The number of aromatic nitrogens is 1. The number of alkyl halides is 6. The number of nitrogens with zero attached hydrogens (tertiary/aromatic N) is 1. The van der Waals surface area contributed by atoms with Crippen LogP contribution >= 0.6 is 0 Å². The third-order valence-corrected chi connectivity index (χ3v) is 3.51. The predicted molar refractivity (Wildman–Crippen MR) is 77.2 cm³/mol. The summed E-state index contributed by atoms with van der Waals surface area (Å²) in [7, 11) is 0. The van der Waals surface area contributed by atoms with E-state index in [4.69, 9.17) is 0 Å². The number of hydrogen-bond donors (Lipinski definition) is 0. The Morgan fingerprint density at radius 1 is 0.667 bits per heavy atom. The molecule has 0 atom stereocenters. The van der Waals surface area contributed by atoms with Crippen LogP contribution in [-0.2, 0) is 12.4 Å². The molecule has 0 amide bonds. The zero-order valence-electron chi connectivity index (χ0n) is 11.9. The molecule has 0 spiro atoms. The summed E-state index contributed by atoms with van der Waals surface area (Å²) >= 11 is 0. The van der Waals surface area contributed by atoms with Gasteiger partial charge in [0.1, 0.15) is 0 Å². The van der Waals surface area contributed by atoms with E-state index in [-0.39, 0.29) is 17.3 Å². The highest BCUT2D eigenvalue weighted by atomic mass is 19.4. The normalized spacial score (nSPS) is 12.6. The molecule has 24 heavy (non-hydrogen) atoms. The first kappa shape index (κ1) is 16.3. The molecule has 0 fully saturated rings. The quantitative estimate of drug-likeness (QED) is 0.499. The summed E-state index contributed by atoms with van der Waals surface area (Å²) in [6, 6.07) is 9.85. The molecule has 1 heterocycles. The lowest BCUT2D eigenvalue weighted by Crippen LogP contribution is -2.11. The van der Waals surface area contributed by atoms with E-state index in [1.54, 1.807) is 24.3 Å². The molecular weight excluding hydrogens is 332 g/mol. The lowest BCUT2D eigenvalue weighted by atomic mass is 10.0. The minimum absolute atomic E-state index is 0.0466. The highest BCUT2D eigenvalue weighted by Gasteiger charge is 2.37. The van der Waals surface area contributed by atoms with E-state index in [1.807, 2.05) is 0 Å². The van der Waals surface area contributed by atoms with Gasteiger partial charge in [0.15, 0.2) is 0 Å². The van der Waals surface area contributed by atoms with Crippen molar-refractivity contribution in [2.45, 2.75) is 12.4 Å². The second kappa shape index (κ2) is 5.51. The zero-order chi connectivity index (χ0) is 17.5. The Morgan fingerprint density at radius 2 is 1.21 bits per heavy atom. The van der Waals surface area contributed by atoms with Gasteiger partial charge in [-0.05, 0) is 29.7 Å². The first-order chi connectivity index (χ1) is 11.1. The van der Waals surface area contributed by atoms with Crippen molar-refractivity contribution in [3.05, 3.63) is 65.9 Å². The molecule has 1 aromatic heterocycles. The van der Waals surface area contributed by atoms with Crippen LogP contribution in [0.15, 0.2) is 54.7 Å². The molecule has 3 aromatic rings. The molecule has 124 valence electrons. The fourth-order valence-electron chi connectivity index (χ4n) is 2.34. The standard InChI is InChI=1S/C17H9F6N/c18-16(19,20)13-5-12(6-14(8-13)17(21,22)23)15-7-10-3-1-2-4-11(10)9-24-15/h1-9H. The van der Waals surface area contributed by atoms with Crippen molar-refractivity contribution in [2.75, 3.05) is 0 Å². The Morgan fingerprint density at radius 3 is 1.75 bits per heavy atom. The van der Waals surface area contributed by atoms with E-state index < -0.39 is 23.5 Å². The van der Waals surface area contributed by atoms with Crippen molar-refractivity contribution >= 4 is 10.8 Å². The molecule has 0 saturated carbocycles. The van der Waals surface area contributed by atoms with Gasteiger partial charge in [-0.25, -0.2) is 0 Å². The minimum Gasteiger partial charge on any atom is -0.256 e. The highest BCUT2D eigenvalue weighted by Crippen LogP contribution is 2.38. The maximum absolute atomic E-state index is 12.9. The van der Waals surface area contributed by atoms with Gasteiger partial charge in [-0.3, -0.25) is 4.98 Å². The number of fused-ring (bicyclic) bond motifs is 1. The summed E-state index contributed by atoms with van der Waals surface area (Å²) in [6.45, 7) is 0. The minimum atomic E-state index is -4.88. The largest absolute Gasteiger partial charge is 0.416 e. The summed E-state index contributed by atoms with van der Waals surface area (Å²) < 4.78 is 77.5. The molecule has 1 nitrogen and oxygen atoms in total. The Hall–Kier alpha value is -2.57. The maximum Gasteiger partial charge on any atom is 0.416 e. The van der Waals surface area contributed by atoms with Crippen LogP contribution in [-0.4, -0.2) is 4.98 Å². The molecule has 0 bridgehead atoms. The Balaban J connectivity index is 2.21. The van der Waals surface area contributed by atoms with Crippen LogP contribution in [0.5, 0.6) is 0 Å². The van der Waals surface area contributed by atoms with Crippen molar-refractivity contribution in [3.8, 4) is 11.3 Å². The first-order valence-electron chi connectivity index (χ1n) is 6.79. The molecule has 3 rings (SSSR count). The Bertz CT molecular complexity index is 863. The monoisotopic (exact) mass is 341 g/mol. The van der Waals surface area contributed by atoms with Crippen molar-refractivity contribution < 1.29 is 26.3 Å². The molecule has 0 aliphatic heterocycles. The smallest absolute Gasteiger partial charge is 0.256 e. The third-order valence-electron chi connectivity index (χ3n) is 3.51. The van der Waals surface area contributed by atoms with Crippen LogP contribution in [0, 0.1) is 0 Å². The van der Waals surface area contributed by atoms with Crippen LogP contribution in [0.2, 0.25) is 0 Å². The van der Waals surface area contributed by atoms with Crippen LogP contribution in [0.4, 0.5) is 26.3 Å². The molecule has 2 aromatic carbocycles. The molecule has 0 unspecified atom stereocenters. The summed E-state index contributed by atoms with van der Waals surface area (Å²) in [5, 5.41) is 1.41. The fraction of sp³-hybridized carbons (Fsp3) is 0.118. The summed E-state index contributed by atoms with van der Waals surface area (Å²) in [4.78, 5) is 3.99. The van der Waals surface area contributed by atoms with E-state index in [0.29, 0.717) is 17.5 Å². The number of halogens is 6. The second-order valence-corrected chi connectivity index (χ2v) is 5.21. The second-order valence-electron chi connectivity index (χ2n) is 5.21. The first-order valence-corrected chi connectivity index (χ1v) is 6.79. The maximum atomic E-state index is 12.9. The van der Waals surface area contributed by atoms with Gasteiger partial charge in [-0.2, -0.15) is 26.3 Å². The Labute approximate surface area is 132 Å². The molecule has 0 saturated heterocycles. The van der Waals surface area contributed by atoms with Gasteiger partial charge in [0.25, 0.3) is 0 Å². The van der Waals surface area contributed by atoms with Gasteiger partial charge in [0.05, 0.1) is 16.8 Å². The molecule has 7 heteroatoms. The van der Waals surface area contributed by atoms with E-state index in [9.17, 15) is 26.3 Å². The SMILES string of the molecule is FC(F)(F)c1cc(-c2cc3ccccc3cn2)cc(C(F)(F)F)c1. The lowest BCUT2D eigenvalue weighted by molar-refractivity contribution is -0.143. The molecule has 0 aliphatic carbocycles. The topological polar surface area (TPSA) is 12.9 Å². The van der Waals surface area contributed by atoms with Crippen LogP contribution in [0.3, 0.4) is 0 Å². The van der Waals surface area contributed by atoms with E-state index >= 15 is 0 Å². The summed E-state index contributed by atoms with van der Waals surface area (Å²) in [5.74, 6) is 0. The predicted octanol–water partition coefficient (Wildman–Crippen LogP) is 5.94. The van der Waals surface area contributed by atoms with Gasteiger partial charge < -0.3 is 0 Å². The van der Waals surface area contributed by atoms with Gasteiger partial charge in [-0.15, -0.1) is 0 Å². The fourth-order valence-corrected chi connectivity index (χ4v) is 2.34. The Kier molecular flexibility index (Phi) is 3.74. The average molecular weight is 341 g/mol. The van der Waals surface area contributed by atoms with Crippen molar-refractivity contribution in [3.63, 3.8) is 0 Å². The zero-order valence-corrected chi connectivity index (χ0v) is 11.9. The number of hydrogen-bond acceptors (Lipinski definition) is 1. The average Bonchev–Trinajstić information content (AvgIpc) is 2.52. The van der Waals surface area contributed by atoms with Gasteiger partial charge in [-0.1, -0.05) is 24.3 Å². The third kappa shape index (κ3) is 3.20. The molecule has 0 radical (unpaired) electrons.